The Morgan fingerprint density at radius 3 is 2.29 bits per heavy atom. The van der Waals surface area contributed by atoms with Crippen LogP contribution < -0.4 is 15.6 Å². The van der Waals surface area contributed by atoms with Gasteiger partial charge in [0.05, 0.1) is 23.3 Å². The molecule has 0 bridgehead atoms. The summed E-state index contributed by atoms with van der Waals surface area (Å²) in [7, 11) is 1.61. The number of nitrogens with zero attached hydrogens (tertiary/aromatic N) is 1. The fraction of sp³-hybridized carbons (Fsp3) is 0.143. The number of benzene rings is 2. The second-order valence-electron chi connectivity index (χ2n) is 6.21. The third-order valence-corrected chi connectivity index (χ3v) is 4.72. The number of aryl methyl sites for hydroxylation is 1. The monoisotopic (exact) mass is 397 g/mol. The Morgan fingerprint density at radius 2 is 1.61 bits per heavy atom. The Morgan fingerprint density at radius 1 is 0.929 bits per heavy atom. The van der Waals surface area contributed by atoms with Gasteiger partial charge in [-0.15, -0.1) is 0 Å². The number of hydrogen-bond donors (Lipinski definition) is 2. The smallest absolute Gasteiger partial charge is 0.271 e. The highest BCUT2D eigenvalue weighted by Crippen LogP contribution is 2.23. The summed E-state index contributed by atoms with van der Waals surface area (Å²) in [5.74, 6) is -0.175. The summed E-state index contributed by atoms with van der Waals surface area (Å²) >= 11 is 6.01. The minimum atomic E-state index is -0.486. The first-order valence-electron chi connectivity index (χ1n) is 8.61. The highest BCUT2D eigenvalue weighted by Gasteiger charge is 2.18. The van der Waals surface area contributed by atoms with Crippen molar-refractivity contribution in [1.29, 1.82) is 0 Å². The van der Waals surface area contributed by atoms with E-state index in [0.717, 1.165) is 22.8 Å². The zero-order valence-electron chi connectivity index (χ0n) is 15.7. The van der Waals surface area contributed by atoms with Crippen molar-refractivity contribution in [2.75, 3.05) is 7.11 Å². The molecule has 6 nitrogen and oxygen atoms in total. The minimum absolute atomic E-state index is 0.284. The van der Waals surface area contributed by atoms with E-state index < -0.39 is 11.8 Å². The van der Waals surface area contributed by atoms with Gasteiger partial charge in [0.1, 0.15) is 5.75 Å². The van der Waals surface area contributed by atoms with Gasteiger partial charge in [0.2, 0.25) is 0 Å². The normalized spacial score (nSPS) is 10.4. The first-order chi connectivity index (χ1) is 13.4. The predicted molar refractivity (Wildman–Crippen MR) is 108 cm³/mol. The van der Waals surface area contributed by atoms with Crippen LogP contribution in [-0.4, -0.2) is 23.5 Å². The number of ether oxygens (including phenoxy) is 1. The van der Waals surface area contributed by atoms with E-state index in [4.69, 9.17) is 16.3 Å². The van der Waals surface area contributed by atoms with Crippen molar-refractivity contribution in [3.05, 3.63) is 82.1 Å². The summed E-state index contributed by atoms with van der Waals surface area (Å²) < 4.78 is 7.23. The molecule has 2 N–H and O–H groups in total. The van der Waals surface area contributed by atoms with Crippen molar-refractivity contribution >= 4 is 23.4 Å². The maximum absolute atomic E-state index is 12.6. The van der Waals surface area contributed by atoms with Crippen molar-refractivity contribution < 1.29 is 14.3 Å². The molecule has 1 aromatic heterocycles. The summed E-state index contributed by atoms with van der Waals surface area (Å²) in [6, 6.07) is 16.0. The van der Waals surface area contributed by atoms with E-state index in [0.29, 0.717) is 10.6 Å². The number of halogens is 1. The predicted octanol–water partition coefficient (Wildman–Crippen LogP) is 3.83. The maximum atomic E-state index is 12.6. The Labute approximate surface area is 168 Å². The Bertz CT molecular complexity index is 1040. The average Bonchev–Trinajstić information content (AvgIpc) is 3.00. The molecule has 144 valence electrons. The molecular formula is C21H20ClN3O3. The molecule has 3 aromatic rings. The highest BCUT2D eigenvalue weighted by molar-refractivity contribution is 6.33. The fourth-order valence-electron chi connectivity index (χ4n) is 3.03. The van der Waals surface area contributed by atoms with E-state index in [1.807, 2.05) is 42.7 Å². The van der Waals surface area contributed by atoms with Gasteiger partial charge in [-0.05, 0) is 44.2 Å². The molecule has 0 fully saturated rings. The molecule has 0 aliphatic carbocycles. The van der Waals surface area contributed by atoms with Gasteiger partial charge in [0, 0.05) is 23.1 Å². The Hall–Kier alpha value is -3.25. The minimum Gasteiger partial charge on any atom is -0.497 e. The van der Waals surface area contributed by atoms with Gasteiger partial charge < -0.3 is 9.30 Å². The van der Waals surface area contributed by atoms with Crippen LogP contribution in [0.25, 0.3) is 5.69 Å². The van der Waals surface area contributed by atoms with Crippen LogP contribution >= 0.6 is 11.6 Å². The molecule has 3 rings (SSSR count). The molecule has 1 heterocycles. The number of aromatic nitrogens is 1. The van der Waals surface area contributed by atoms with Crippen LogP contribution in [-0.2, 0) is 0 Å². The number of hydrogen-bond acceptors (Lipinski definition) is 3. The number of carbonyl (C=O) groups excluding carboxylic acids is 2. The fourth-order valence-corrected chi connectivity index (χ4v) is 3.25. The SMILES string of the molecule is COc1cccc(-n2c(C)cc(C(=O)NNC(=O)c3ccccc3Cl)c2C)c1. The quantitative estimate of drug-likeness (QED) is 0.657. The van der Waals surface area contributed by atoms with Crippen LogP contribution in [0.2, 0.25) is 5.02 Å². The molecule has 0 aliphatic heterocycles. The molecule has 28 heavy (non-hydrogen) atoms. The third kappa shape index (κ3) is 3.87. The van der Waals surface area contributed by atoms with Gasteiger partial charge in [-0.1, -0.05) is 29.8 Å². The van der Waals surface area contributed by atoms with Gasteiger partial charge in [0.25, 0.3) is 11.8 Å². The molecule has 0 unspecified atom stereocenters. The summed E-state index contributed by atoms with van der Waals surface area (Å²) in [5.41, 5.74) is 8.10. The molecule has 0 saturated heterocycles. The van der Waals surface area contributed by atoms with Crippen LogP contribution in [0.1, 0.15) is 32.1 Å². The molecular weight excluding hydrogens is 378 g/mol. The van der Waals surface area contributed by atoms with Gasteiger partial charge in [-0.3, -0.25) is 20.4 Å². The van der Waals surface area contributed by atoms with Gasteiger partial charge in [0.15, 0.2) is 0 Å². The number of nitrogens with one attached hydrogen (secondary N) is 2. The number of carbonyl (C=O) groups is 2. The van der Waals surface area contributed by atoms with Crippen LogP contribution in [0.4, 0.5) is 0 Å². The molecule has 0 atom stereocenters. The van der Waals surface area contributed by atoms with Gasteiger partial charge in [-0.2, -0.15) is 0 Å². The lowest BCUT2D eigenvalue weighted by molar-refractivity contribution is 0.0846. The zero-order valence-corrected chi connectivity index (χ0v) is 16.5. The van der Waals surface area contributed by atoms with Gasteiger partial charge in [-0.25, -0.2) is 0 Å². The Balaban J connectivity index is 1.80. The van der Waals surface area contributed by atoms with Crippen molar-refractivity contribution in [2.24, 2.45) is 0 Å². The average molecular weight is 398 g/mol. The summed E-state index contributed by atoms with van der Waals surface area (Å²) in [4.78, 5) is 24.8. The standard InChI is InChI=1S/C21H20ClN3O3/c1-13-11-18(14(2)25(13)15-7-6-8-16(12-15)28-3)21(27)24-23-20(26)17-9-4-5-10-19(17)22/h4-12H,1-3H3,(H,23,26)(H,24,27). The van der Waals surface area contributed by atoms with E-state index in [1.165, 1.54) is 0 Å². The van der Waals surface area contributed by atoms with E-state index in [1.54, 1.807) is 37.4 Å². The number of methoxy groups -OCH3 is 1. The molecule has 7 heteroatoms. The second-order valence-corrected chi connectivity index (χ2v) is 6.62. The summed E-state index contributed by atoms with van der Waals surface area (Å²) in [5, 5.41) is 0.311. The molecule has 0 saturated carbocycles. The lowest BCUT2D eigenvalue weighted by atomic mass is 10.2. The van der Waals surface area contributed by atoms with Crippen LogP contribution in [0.3, 0.4) is 0 Å². The molecule has 2 aromatic carbocycles. The lowest BCUT2D eigenvalue weighted by Crippen LogP contribution is -2.41. The molecule has 0 radical (unpaired) electrons. The first-order valence-corrected chi connectivity index (χ1v) is 8.98. The number of hydrazine groups is 1. The van der Waals surface area contributed by atoms with Crippen LogP contribution in [0.15, 0.2) is 54.6 Å². The largest absolute Gasteiger partial charge is 0.497 e. The number of amides is 2. The van der Waals surface area contributed by atoms with E-state index in [-0.39, 0.29) is 5.56 Å². The van der Waals surface area contributed by atoms with Crippen molar-refractivity contribution in [2.45, 2.75) is 13.8 Å². The van der Waals surface area contributed by atoms with Crippen molar-refractivity contribution in [3.8, 4) is 11.4 Å². The topological polar surface area (TPSA) is 72.4 Å². The van der Waals surface area contributed by atoms with Crippen LogP contribution in [0, 0.1) is 13.8 Å². The Kier molecular flexibility index (Phi) is 5.70. The van der Waals surface area contributed by atoms with E-state index in [9.17, 15) is 9.59 Å². The second kappa shape index (κ2) is 8.19. The molecule has 2 amide bonds. The van der Waals surface area contributed by atoms with Crippen molar-refractivity contribution in [3.63, 3.8) is 0 Å². The maximum Gasteiger partial charge on any atom is 0.271 e. The van der Waals surface area contributed by atoms with E-state index >= 15 is 0 Å². The summed E-state index contributed by atoms with van der Waals surface area (Å²) in [6.45, 7) is 3.75. The number of rotatable bonds is 4. The van der Waals surface area contributed by atoms with Gasteiger partial charge >= 0.3 is 0 Å². The highest BCUT2D eigenvalue weighted by atomic mass is 35.5. The lowest BCUT2D eigenvalue weighted by Gasteiger charge is -2.12. The molecule has 0 aliphatic rings. The molecule has 0 spiro atoms. The van der Waals surface area contributed by atoms with E-state index in [2.05, 4.69) is 10.9 Å². The zero-order chi connectivity index (χ0) is 20.3. The van der Waals surface area contributed by atoms with Crippen LogP contribution in [0.5, 0.6) is 5.75 Å². The summed E-state index contributed by atoms with van der Waals surface area (Å²) in [6.07, 6.45) is 0. The van der Waals surface area contributed by atoms with Crippen molar-refractivity contribution in [1.82, 2.24) is 15.4 Å². The first kappa shape index (κ1) is 19.5. The third-order valence-electron chi connectivity index (χ3n) is 4.40.